The van der Waals surface area contributed by atoms with Gasteiger partial charge in [-0.2, -0.15) is 0 Å². The molecular weight excluding hydrogens is 720 g/mol. The van der Waals surface area contributed by atoms with E-state index in [9.17, 15) is 38.4 Å². The molecule has 3 rings (SSSR count). The molecule has 0 aliphatic carbocycles. The Balaban J connectivity index is 2.08. The zero-order valence-electron chi connectivity index (χ0n) is 35.6. The van der Waals surface area contributed by atoms with Crippen molar-refractivity contribution in [2.75, 3.05) is 27.2 Å². The van der Waals surface area contributed by atoms with E-state index in [-0.39, 0.29) is 37.8 Å². The van der Waals surface area contributed by atoms with Crippen molar-refractivity contribution in [3.05, 3.63) is 0 Å². The summed E-state index contributed by atoms with van der Waals surface area (Å²) in [6.45, 7) is 18.3. The second-order valence-electron chi connectivity index (χ2n) is 17.5. The van der Waals surface area contributed by atoms with Crippen LogP contribution in [-0.2, 0) is 38.4 Å². The lowest BCUT2D eigenvalue weighted by Gasteiger charge is -2.36. The fourth-order valence-electron chi connectivity index (χ4n) is 7.92. The minimum atomic E-state index is -1.05. The Labute approximate surface area is 332 Å². The van der Waals surface area contributed by atoms with E-state index in [0.29, 0.717) is 25.7 Å². The van der Waals surface area contributed by atoms with Gasteiger partial charge in [-0.15, -0.1) is 0 Å². The maximum absolute atomic E-state index is 14.1. The molecule has 56 heavy (non-hydrogen) atoms. The van der Waals surface area contributed by atoms with Gasteiger partial charge in [0.05, 0.1) is 0 Å². The number of likely N-dealkylation sites (N-methyl/N-ethyl adjacent to an activating group) is 2. The van der Waals surface area contributed by atoms with Crippen molar-refractivity contribution in [3.63, 3.8) is 0 Å². The number of rotatable bonds is 6. The van der Waals surface area contributed by atoms with Crippen LogP contribution in [0.15, 0.2) is 0 Å². The molecule has 3 aliphatic rings. The normalized spacial score (nSPS) is 30.1. The summed E-state index contributed by atoms with van der Waals surface area (Å²) in [7, 11) is 3.04. The van der Waals surface area contributed by atoms with Gasteiger partial charge in [0.1, 0.15) is 48.3 Å². The lowest BCUT2D eigenvalue weighted by Crippen LogP contribution is -2.62. The highest BCUT2D eigenvalue weighted by Crippen LogP contribution is 2.25. The molecule has 0 bridgehead atoms. The van der Waals surface area contributed by atoms with E-state index in [1.54, 1.807) is 27.7 Å². The molecule has 3 aliphatic heterocycles. The Kier molecular flexibility index (Phi) is 16.3. The van der Waals surface area contributed by atoms with Crippen molar-refractivity contribution in [3.8, 4) is 0 Å². The summed E-state index contributed by atoms with van der Waals surface area (Å²) in [6, 6.07) is -7.90. The van der Waals surface area contributed by atoms with Crippen LogP contribution in [0.1, 0.15) is 108 Å². The topological polar surface area (TPSA) is 198 Å². The predicted molar refractivity (Wildman–Crippen MR) is 210 cm³/mol. The van der Waals surface area contributed by atoms with Gasteiger partial charge in [0, 0.05) is 27.2 Å². The summed E-state index contributed by atoms with van der Waals surface area (Å²) in [6.07, 6.45) is 2.36. The average molecular weight is 789 g/mol. The molecule has 4 N–H and O–H groups in total. The van der Waals surface area contributed by atoms with E-state index >= 15 is 0 Å². The molecule has 0 spiro atoms. The third-order valence-electron chi connectivity index (χ3n) is 11.2. The van der Waals surface area contributed by atoms with Crippen molar-refractivity contribution >= 4 is 47.3 Å². The van der Waals surface area contributed by atoms with Gasteiger partial charge in [-0.3, -0.25) is 38.4 Å². The number of hydrogen-bond donors (Lipinski definition) is 4. The maximum atomic E-state index is 14.1. The first kappa shape index (κ1) is 46.1. The maximum Gasteiger partial charge on any atom is 0.245 e. The fourth-order valence-corrected chi connectivity index (χ4v) is 7.92. The molecule has 0 unspecified atom stereocenters. The first-order chi connectivity index (χ1) is 26.1. The molecule has 3 fully saturated rings. The molecule has 316 valence electrons. The van der Waals surface area contributed by atoms with Crippen LogP contribution >= 0.6 is 0 Å². The summed E-state index contributed by atoms with van der Waals surface area (Å²) in [5.74, 6) is -4.89. The molecule has 3 saturated heterocycles. The van der Waals surface area contributed by atoms with Crippen molar-refractivity contribution in [1.29, 1.82) is 0 Å². The Morgan fingerprint density at radius 3 is 1.11 bits per heavy atom. The Morgan fingerprint density at radius 1 is 0.500 bits per heavy atom. The molecule has 16 heteroatoms. The van der Waals surface area contributed by atoms with Crippen LogP contribution in [0.2, 0.25) is 0 Å². The van der Waals surface area contributed by atoms with Crippen molar-refractivity contribution in [1.82, 2.24) is 40.9 Å². The predicted octanol–water partition coefficient (Wildman–Crippen LogP) is 1.02. The standard InChI is InChI=1S/C40H68N8O8/c1-21(2)19-29-33(49)43-31(23(5)6)35(51)41-26(10)38(54)48-18-14-16-28(48)40(56)46(12)30(20-22(3)4)34(50)44-32(24(7)8)36(52)42-25(9)37(53)47-17-13-15-27(47)39(55)45(29)11/h21-32H,13-20H2,1-12H3,(H,41,51)(H,42,52)(H,43,49)(H,44,50)/t25-,26-,27-,28-,29-,30-,31-,32-/m1/s1. The SMILES string of the molecule is CC(C)C[C@@H]1C(=O)N[C@H](C(C)C)C(=O)N[C@H](C)C(=O)N2CCC[C@@H]2C(=O)N(C)[C@H](CC(C)C)C(=O)N[C@H](C(C)C)C(=O)N[C@H](C)C(=O)N2CCC[C@@H]2C(=O)N1C. The quantitative estimate of drug-likeness (QED) is 0.306. The minimum absolute atomic E-state index is 0.0152. The van der Waals surface area contributed by atoms with Gasteiger partial charge < -0.3 is 40.9 Å². The van der Waals surface area contributed by atoms with E-state index in [1.165, 1.54) is 47.5 Å². The van der Waals surface area contributed by atoms with E-state index in [2.05, 4.69) is 21.3 Å². The summed E-state index contributed by atoms with van der Waals surface area (Å²) in [4.78, 5) is 117. The van der Waals surface area contributed by atoms with Crippen LogP contribution < -0.4 is 21.3 Å². The van der Waals surface area contributed by atoms with Crippen molar-refractivity contribution in [2.45, 2.75) is 156 Å². The van der Waals surface area contributed by atoms with Crippen LogP contribution in [0.4, 0.5) is 0 Å². The third-order valence-corrected chi connectivity index (χ3v) is 11.2. The molecule has 8 amide bonds. The zero-order valence-corrected chi connectivity index (χ0v) is 35.6. The lowest BCUT2D eigenvalue weighted by atomic mass is 9.98. The largest absolute Gasteiger partial charge is 0.343 e. The van der Waals surface area contributed by atoms with Crippen LogP contribution in [0.25, 0.3) is 0 Å². The fraction of sp³-hybridized carbons (Fsp3) is 0.800. The van der Waals surface area contributed by atoms with Gasteiger partial charge >= 0.3 is 0 Å². The molecule has 0 aromatic heterocycles. The molecule has 0 aromatic carbocycles. The van der Waals surface area contributed by atoms with Crippen LogP contribution in [0.5, 0.6) is 0 Å². The third kappa shape index (κ3) is 11.0. The van der Waals surface area contributed by atoms with Gasteiger partial charge in [0.2, 0.25) is 47.3 Å². The number of nitrogens with one attached hydrogen (secondary N) is 4. The Morgan fingerprint density at radius 2 is 0.821 bits per heavy atom. The number of carbonyl (C=O) groups excluding carboxylic acids is 8. The van der Waals surface area contributed by atoms with E-state index in [0.717, 1.165) is 0 Å². The monoisotopic (exact) mass is 789 g/mol. The average Bonchev–Trinajstić information content (AvgIpc) is 3.82. The number of nitrogens with zero attached hydrogens (tertiary/aromatic N) is 4. The Bertz CT molecular complexity index is 1380. The highest BCUT2D eigenvalue weighted by atomic mass is 16.2. The first-order valence-corrected chi connectivity index (χ1v) is 20.4. The van der Waals surface area contributed by atoms with Gasteiger partial charge in [-0.1, -0.05) is 55.4 Å². The molecule has 16 nitrogen and oxygen atoms in total. The van der Waals surface area contributed by atoms with Gasteiger partial charge in [0.15, 0.2) is 0 Å². The van der Waals surface area contributed by atoms with Crippen LogP contribution in [-0.4, -0.2) is 142 Å². The lowest BCUT2D eigenvalue weighted by molar-refractivity contribution is -0.149. The van der Waals surface area contributed by atoms with E-state index in [1.807, 2.05) is 27.7 Å². The van der Waals surface area contributed by atoms with Crippen LogP contribution in [0, 0.1) is 23.7 Å². The molecule has 3 heterocycles. The summed E-state index contributed by atoms with van der Waals surface area (Å²) in [5.41, 5.74) is 0. The second kappa shape index (κ2) is 19.8. The highest BCUT2D eigenvalue weighted by molar-refractivity contribution is 5.99. The summed E-state index contributed by atoms with van der Waals surface area (Å²) >= 11 is 0. The number of amides is 8. The van der Waals surface area contributed by atoms with Crippen molar-refractivity contribution in [2.24, 2.45) is 23.7 Å². The zero-order chi connectivity index (χ0) is 42.3. The summed E-state index contributed by atoms with van der Waals surface area (Å²) in [5, 5.41) is 11.2. The molecular formula is C40H68N8O8. The van der Waals surface area contributed by atoms with Gasteiger partial charge in [-0.25, -0.2) is 0 Å². The minimum Gasteiger partial charge on any atom is -0.343 e. The van der Waals surface area contributed by atoms with Crippen molar-refractivity contribution < 1.29 is 38.4 Å². The van der Waals surface area contributed by atoms with Gasteiger partial charge in [-0.05, 0) is 76.0 Å². The molecule has 8 atom stereocenters. The second-order valence-corrected chi connectivity index (χ2v) is 17.5. The number of hydrogen-bond acceptors (Lipinski definition) is 8. The molecule has 0 radical (unpaired) electrons. The number of carbonyl (C=O) groups is 8. The van der Waals surface area contributed by atoms with Gasteiger partial charge in [0.25, 0.3) is 0 Å². The Hall–Kier alpha value is -4.24. The first-order valence-electron chi connectivity index (χ1n) is 20.4. The smallest absolute Gasteiger partial charge is 0.245 e. The molecule has 0 saturated carbocycles. The molecule has 0 aromatic rings. The highest BCUT2D eigenvalue weighted by Gasteiger charge is 2.44. The number of fused-ring (bicyclic) bond motifs is 2. The van der Waals surface area contributed by atoms with E-state index < -0.39 is 107 Å². The van der Waals surface area contributed by atoms with Crippen LogP contribution in [0.3, 0.4) is 0 Å². The summed E-state index contributed by atoms with van der Waals surface area (Å²) < 4.78 is 0. The van der Waals surface area contributed by atoms with E-state index in [4.69, 9.17) is 0 Å².